The summed E-state index contributed by atoms with van der Waals surface area (Å²) in [5, 5.41) is 4.50. The number of carbonyl (C=O) groups is 2. The molecule has 0 aliphatic rings. The summed E-state index contributed by atoms with van der Waals surface area (Å²) in [6.45, 7) is 3.48. The van der Waals surface area contributed by atoms with Crippen LogP contribution < -0.4 is 10.2 Å². The molecule has 0 saturated heterocycles. The number of hydrogen-bond donors (Lipinski definition) is 1. The molecule has 0 fully saturated rings. The first-order chi connectivity index (χ1) is 12.4. The number of hydrogen-bond acceptors (Lipinski definition) is 5. The number of methoxy groups -OCH3 is 1. The van der Waals surface area contributed by atoms with Gasteiger partial charge in [-0.2, -0.15) is 5.10 Å². The van der Waals surface area contributed by atoms with E-state index < -0.39 is 12.1 Å². The van der Waals surface area contributed by atoms with Crippen LogP contribution in [0, 0.1) is 6.92 Å². The van der Waals surface area contributed by atoms with E-state index in [0.29, 0.717) is 16.3 Å². The number of aryl methyl sites for hydroxylation is 1. The third-order valence-corrected chi connectivity index (χ3v) is 3.77. The second-order valence-corrected chi connectivity index (χ2v) is 5.95. The van der Waals surface area contributed by atoms with E-state index >= 15 is 0 Å². The van der Waals surface area contributed by atoms with Crippen molar-refractivity contribution in [3.05, 3.63) is 64.2 Å². The fraction of sp³-hybridized carbons (Fsp3) is 0.211. The number of hydrazone groups is 1. The molecule has 0 aliphatic carbocycles. The molecule has 2 rings (SSSR count). The number of nitrogens with zero attached hydrogens (tertiary/aromatic N) is 1. The van der Waals surface area contributed by atoms with Gasteiger partial charge < -0.3 is 9.47 Å². The smallest absolute Gasteiger partial charge is 0.337 e. The van der Waals surface area contributed by atoms with E-state index in [4.69, 9.17) is 16.3 Å². The van der Waals surface area contributed by atoms with Gasteiger partial charge in [0, 0.05) is 5.02 Å². The predicted octanol–water partition coefficient (Wildman–Crippen LogP) is 3.35. The van der Waals surface area contributed by atoms with Gasteiger partial charge >= 0.3 is 5.97 Å². The van der Waals surface area contributed by atoms with E-state index in [1.165, 1.54) is 13.3 Å². The summed E-state index contributed by atoms with van der Waals surface area (Å²) in [4.78, 5) is 23.4. The Kier molecular flexibility index (Phi) is 6.74. The van der Waals surface area contributed by atoms with Crippen LogP contribution >= 0.6 is 11.6 Å². The van der Waals surface area contributed by atoms with Crippen LogP contribution in [-0.4, -0.2) is 31.3 Å². The normalized spacial score (nSPS) is 11.8. The van der Waals surface area contributed by atoms with Crippen molar-refractivity contribution in [3.63, 3.8) is 0 Å². The maximum Gasteiger partial charge on any atom is 0.337 e. The number of benzene rings is 2. The zero-order valence-corrected chi connectivity index (χ0v) is 15.4. The average Bonchev–Trinajstić information content (AvgIpc) is 2.63. The van der Waals surface area contributed by atoms with E-state index in [1.807, 2.05) is 6.92 Å². The Bertz CT molecular complexity index is 819. The van der Waals surface area contributed by atoms with Gasteiger partial charge in [-0.25, -0.2) is 10.2 Å². The third kappa shape index (κ3) is 5.32. The highest BCUT2D eigenvalue weighted by molar-refractivity contribution is 6.30. The molecule has 2 aromatic carbocycles. The zero-order valence-electron chi connectivity index (χ0n) is 14.7. The summed E-state index contributed by atoms with van der Waals surface area (Å²) in [6, 6.07) is 11.8. The first kappa shape index (κ1) is 19.5. The standard InChI is InChI=1S/C19H19ClN2O4/c1-12-10-16(20)8-9-17(12)26-13(2)18(23)22-21-11-14-4-6-15(7-5-14)19(24)25-3/h4-11,13H,1-3H3,(H,22,23). The highest BCUT2D eigenvalue weighted by Crippen LogP contribution is 2.22. The van der Waals surface area contributed by atoms with Crippen LogP contribution in [0.2, 0.25) is 5.02 Å². The van der Waals surface area contributed by atoms with Crippen molar-refractivity contribution >= 4 is 29.7 Å². The summed E-state index contributed by atoms with van der Waals surface area (Å²) < 4.78 is 10.3. The maximum atomic E-state index is 12.1. The number of halogens is 1. The van der Waals surface area contributed by atoms with Crippen LogP contribution in [0.1, 0.15) is 28.4 Å². The number of nitrogens with one attached hydrogen (secondary N) is 1. The minimum Gasteiger partial charge on any atom is -0.481 e. The topological polar surface area (TPSA) is 77.0 Å². The molecule has 1 amide bonds. The highest BCUT2D eigenvalue weighted by Gasteiger charge is 2.15. The molecule has 0 saturated carbocycles. The van der Waals surface area contributed by atoms with Gasteiger partial charge in [-0.05, 0) is 55.3 Å². The van der Waals surface area contributed by atoms with Crippen LogP contribution in [0.4, 0.5) is 0 Å². The lowest BCUT2D eigenvalue weighted by atomic mass is 10.1. The Morgan fingerprint density at radius 1 is 1.19 bits per heavy atom. The summed E-state index contributed by atoms with van der Waals surface area (Å²) in [7, 11) is 1.32. The molecule has 2 aromatic rings. The van der Waals surface area contributed by atoms with Crippen molar-refractivity contribution in [3.8, 4) is 5.75 Å². The Hall–Kier alpha value is -2.86. The number of ether oxygens (including phenoxy) is 2. The Labute approximate surface area is 156 Å². The molecule has 0 aromatic heterocycles. The largest absolute Gasteiger partial charge is 0.481 e. The molecule has 1 N–H and O–H groups in total. The van der Waals surface area contributed by atoms with Crippen molar-refractivity contribution in [2.45, 2.75) is 20.0 Å². The summed E-state index contributed by atoms with van der Waals surface area (Å²) in [5.74, 6) is -0.216. The van der Waals surface area contributed by atoms with E-state index in [-0.39, 0.29) is 5.91 Å². The minimum atomic E-state index is -0.728. The highest BCUT2D eigenvalue weighted by atomic mass is 35.5. The van der Waals surface area contributed by atoms with Gasteiger partial charge in [-0.15, -0.1) is 0 Å². The number of esters is 1. The molecule has 0 radical (unpaired) electrons. The van der Waals surface area contributed by atoms with Crippen molar-refractivity contribution < 1.29 is 19.1 Å². The number of rotatable bonds is 6. The van der Waals surface area contributed by atoms with Gasteiger partial charge in [-0.1, -0.05) is 23.7 Å². The Balaban J connectivity index is 1.90. The number of carbonyl (C=O) groups excluding carboxylic acids is 2. The first-order valence-electron chi connectivity index (χ1n) is 7.85. The van der Waals surface area contributed by atoms with E-state index in [1.54, 1.807) is 49.4 Å². The second kappa shape index (κ2) is 9.01. The minimum absolute atomic E-state index is 0.387. The molecule has 0 spiro atoms. The van der Waals surface area contributed by atoms with E-state index in [9.17, 15) is 9.59 Å². The lowest BCUT2D eigenvalue weighted by Crippen LogP contribution is -2.33. The quantitative estimate of drug-likeness (QED) is 0.478. The van der Waals surface area contributed by atoms with Gasteiger partial charge in [-0.3, -0.25) is 4.79 Å². The molecule has 7 heteroatoms. The van der Waals surface area contributed by atoms with Crippen LogP contribution in [0.3, 0.4) is 0 Å². The summed E-state index contributed by atoms with van der Waals surface area (Å²) >= 11 is 5.90. The van der Waals surface area contributed by atoms with Crippen molar-refractivity contribution in [1.82, 2.24) is 5.43 Å². The fourth-order valence-corrected chi connectivity index (χ4v) is 2.30. The third-order valence-electron chi connectivity index (χ3n) is 3.53. The predicted molar refractivity (Wildman–Crippen MR) is 99.8 cm³/mol. The molecule has 26 heavy (non-hydrogen) atoms. The van der Waals surface area contributed by atoms with Crippen molar-refractivity contribution in [2.24, 2.45) is 5.10 Å². The molecular formula is C19H19ClN2O4. The monoisotopic (exact) mass is 374 g/mol. The second-order valence-electron chi connectivity index (χ2n) is 5.52. The molecule has 1 unspecified atom stereocenters. The van der Waals surface area contributed by atoms with Gasteiger partial charge in [0.05, 0.1) is 18.9 Å². The average molecular weight is 375 g/mol. The fourth-order valence-electron chi connectivity index (χ4n) is 2.07. The molecule has 0 aliphatic heterocycles. The van der Waals surface area contributed by atoms with E-state index in [2.05, 4.69) is 15.3 Å². The van der Waals surface area contributed by atoms with Gasteiger partial charge in [0.25, 0.3) is 5.91 Å². The van der Waals surface area contributed by atoms with Crippen LogP contribution in [0.25, 0.3) is 0 Å². The SMILES string of the molecule is COC(=O)c1ccc(C=NNC(=O)C(C)Oc2ccc(Cl)cc2C)cc1. The first-order valence-corrected chi connectivity index (χ1v) is 8.22. The van der Waals surface area contributed by atoms with E-state index in [0.717, 1.165) is 11.1 Å². The van der Waals surface area contributed by atoms with Crippen molar-refractivity contribution in [1.29, 1.82) is 0 Å². The van der Waals surface area contributed by atoms with Crippen LogP contribution in [0.15, 0.2) is 47.6 Å². The maximum absolute atomic E-state index is 12.1. The molecule has 0 bridgehead atoms. The van der Waals surface area contributed by atoms with Crippen LogP contribution in [0.5, 0.6) is 5.75 Å². The molecule has 1 atom stereocenters. The molecular weight excluding hydrogens is 356 g/mol. The molecule has 0 heterocycles. The van der Waals surface area contributed by atoms with Gasteiger partial charge in [0.1, 0.15) is 5.75 Å². The zero-order chi connectivity index (χ0) is 19.1. The Morgan fingerprint density at radius 3 is 2.50 bits per heavy atom. The molecule has 6 nitrogen and oxygen atoms in total. The number of amides is 1. The van der Waals surface area contributed by atoms with Gasteiger partial charge in [0.15, 0.2) is 6.10 Å². The van der Waals surface area contributed by atoms with Crippen LogP contribution in [-0.2, 0) is 9.53 Å². The lowest BCUT2D eigenvalue weighted by molar-refractivity contribution is -0.127. The summed E-state index contributed by atoms with van der Waals surface area (Å²) in [6.07, 6.45) is 0.743. The van der Waals surface area contributed by atoms with Gasteiger partial charge in [0.2, 0.25) is 0 Å². The Morgan fingerprint density at radius 2 is 1.88 bits per heavy atom. The summed E-state index contributed by atoms with van der Waals surface area (Å²) in [5.41, 5.74) is 4.42. The van der Waals surface area contributed by atoms with Crippen molar-refractivity contribution in [2.75, 3.05) is 7.11 Å². The molecule has 136 valence electrons. The lowest BCUT2D eigenvalue weighted by Gasteiger charge is -2.14.